The lowest BCUT2D eigenvalue weighted by Crippen LogP contribution is -2.75. The maximum atomic E-state index is 13.1. The fourth-order valence-electron chi connectivity index (χ4n) is 1.46. The summed E-state index contributed by atoms with van der Waals surface area (Å²) in [7, 11) is 0. The van der Waals surface area contributed by atoms with E-state index in [4.69, 9.17) is 0 Å². The number of halogens is 19. The predicted molar refractivity (Wildman–Crippen MR) is 52.4 cm³/mol. The maximum Gasteiger partial charge on any atom is 0.473 e. The molecule has 0 heterocycles. The van der Waals surface area contributed by atoms with Crippen LogP contribution < -0.4 is 0 Å². The van der Waals surface area contributed by atoms with Gasteiger partial charge < -0.3 is 4.74 Å². The molecule has 0 unspecified atom stereocenters. The van der Waals surface area contributed by atoms with Gasteiger partial charge in [0.25, 0.3) is 0 Å². The quantitative estimate of drug-likeness (QED) is 0.372. The third-order valence-electron chi connectivity index (χ3n) is 3.26. The van der Waals surface area contributed by atoms with E-state index < -0.39 is 60.2 Å². The minimum absolute atomic E-state index is 0.771. The van der Waals surface area contributed by atoms with Crippen LogP contribution in [0.3, 0.4) is 0 Å². The summed E-state index contributed by atoms with van der Waals surface area (Å²) < 4.78 is 244. The third kappa shape index (κ3) is 3.50. The molecule has 0 aromatic rings. The highest BCUT2D eigenvalue weighted by molar-refractivity contribution is 5.39. The van der Waals surface area contributed by atoms with Crippen LogP contribution in [0.15, 0.2) is 0 Å². The molecule has 0 bridgehead atoms. The molecule has 0 rings (SSSR count). The van der Waals surface area contributed by atoms with Crippen molar-refractivity contribution in [3.05, 3.63) is 0 Å². The monoisotopic (exact) mass is 513 g/mol. The number of alkyl halides is 19. The molecule has 0 aliphatic carbocycles. The summed E-state index contributed by atoms with van der Waals surface area (Å²) >= 11 is 0. The first kappa shape index (κ1) is 29.1. The molecule has 31 heavy (non-hydrogen) atoms. The van der Waals surface area contributed by atoms with Crippen molar-refractivity contribution in [2.45, 2.75) is 53.7 Å². The standard InChI is InChI=1S/C10F19O2/c11-2(12,3(13,14)5(17,18)7(21,22)9(25,26)27)4(15,16)6(19,20)8(23,24)10(28,29)31-1-30. The lowest BCUT2D eigenvalue weighted by atomic mass is 9.88. The Morgan fingerprint density at radius 2 is 0.613 bits per heavy atom. The molecule has 185 valence electrons. The molecule has 21 heteroatoms. The van der Waals surface area contributed by atoms with Crippen molar-refractivity contribution in [1.82, 2.24) is 0 Å². The Kier molecular flexibility index (Phi) is 6.65. The first-order chi connectivity index (χ1) is 13.1. The minimum Gasteiger partial charge on any atom is -0.387 e. The second kappa shape index (κ2) is 7.07. The van der Waals surface area contributed by atoms with Gasteiger partial charge in [0.15, 0.2) is 0 Å². The molecule has 0 aliphatic rings. The molecular weight excluding hydrogens is 513 g/mol. The zero-order valence-corrected chi connectivity index (χ0v) is 13.0. The minimum atomic E-state index is -9.01. The van der Waals surface area contributed by atoms with Gasteiger partial charge in [-0.2, -0.15) is 83.4 Å². The van der Waals surface area contributed by atoms with Gasteiger partial charge in [0, 0.05) is 0 Å². The largest absolute Gasteiger partial charge is 0.473 e. The van der Waals surface area contributed by atoms with E-state index in [0.717, 1.165) is 0 Å². The normalized spacial score (nSPS) is 16.4. The van der Waals surface area contributed by atoms with Crippen LogP contribution in [-0.4, -0.2) is 60.2 Å². The summed E-state index contributed by atoms with van der Waals surface area (Å²) in [5.74, 6) is -60.8. The van der Waals surface area contributed by atoms with E-state index in [2.05, 4.69) is 0 Å². The molecule has 0 N–H and O–H groups in total. The van der Waals surface area contributed by atoms with Crippen LogP contribution in [0.4, 0.5) is 83.4 Å². The maximum absolute atomic E-state index is 13.1. The highest BCUT2D eigenvalue weighted by Crippen LogP contribution is 2.65. The van der Waals surface area contributed by atoms with E-state index in [1.54, 1.807) is 4.74 Å². The lowest BCUT2D eigenvalue weighted by molar-refractivity contribution is -0.477. The molecule has 0 saturated carbocycles. The summed E-state index contributed by atoms with van der Waals surface area (Å²) in [4.78, 5) is 9.39. The molecule has 0 aromatic heterocycles. The zero-order chi connectivity index (χ0) is 25.9. The molecular formula is C10F19O2. The number of carbonyl (C=O) groups excluding carboxylic acids is 1. The Balaban J connectivity index is 6.87. The summed E-state index contributed by atoms with van der Waals surface area (Å²) in [6, 6.07) is 0. The molecule has 0 atom stereocenters. The molecule has 0 aliphatic heterocycles. The Bertz CT molecular complexity index is 674. The van der Waals surface area contributed by atoms with Gasteiger partial charge >= 0.3 is 60.2 Å². The first-order valence-electron chi connectivity index (χ1n) is 6.20. The van der Waals surface area contributed by atoms with Crippen molar-refractivity contribution in [3.63, 3.8) is 0 Å². The van der Waals surface area contributed by atoms with E-state index in [1.165, 1.54) is 0 Å². The van der Waals surface area contributed by atoms with Crippen LogP contribution in [0.25, 0.3) is 0 Å². The van der Waals surface area contributed by atoms with Gasteiger partial charge in [-0.15, -0.1) is 0 Å². The topological polar surface area (TPSA) is 26.3 Å². The van der Waals surface area contributed by atoms with Crippen LogP contribution in [0.2, 0.25) is 0 Å². The molecule has 0 fully saturated rings. The smallest absolute Gasteiger partial charge is 0.387 e. The molecule has 0 spiro atoms. The van der Waals surface area contributed by atoms with E-state index in [9.17, 15) is 88.2 Å². The number of hydrogen-bond donors (Lipinski definition) is 0. The highest BCUT2D eigenvalue weighted by Gasteiger charge is 2.97. The van der Waals surface area contributed by atoms with Gasteiger partial charge in [-0.25, -0.2) is 4.79 Å². The van der Waals surface area contributed by atoms with Gasteiger partial charge in [-0.3, -0.25) is 0 Å². The van der Waals surface area contributed by atoms with Crippen molar-refractivity contribution < 1.29 is 92.9 Å². The van der Waals surface area contributed by atoms with Crippen molar-refractivity contribution in [3.8, 4) is 0 Å². The van der Waals surface area contributed by atoms with Crippen LogP contribution in [0, 0.1) is 0 Å². The average molecular weight is 513 g/mol. The Morgan fingerprint density at radius 3 is 0.839 bits per heavy atom. The summed E-state index contributed by atoms with van der Waals surface area (Å²) in [6.07, 6.45) is -15.2. The lowest BCUT2D eigenvalue weighted by Gasteiger charge is -2.43. The fourth-order valence-corrected chi connectivity index (χ4v) is 1.46. The van der Waals surface area contributed by atoms with Gasteiger partial charge in [0.1, 0.15) is 0 Å². The highest BCUT2D eigenvalue weighted by atomic mass is 19.4. The van der Waals surface area contributed by atoms with Gasteiger partial charge in [-0.1, -0.05) is 0 Å². The van der Waals surface area contributed by atoms with Crippen LogP contribution >= 0.6 is 0 Å². The Hall–Kier alpha value is -1.86. The fraction of sp³-hybridized carbons (Fsp3) is 0.900. The zero-order valence-electron chi connectivity index (χ0n) is 13.0. The summed E-state index contributed by atoms with van der Waals surface area (Å²) in [5, 5.41) is 0. The summed E-state index contributed by atoms with van der Waals surface area (Å²) in [5.41, 5.74) is 0. The van der Waals surface area contributed by atoms with Crippen molar-refractivity contribution in [1.29, 1.82) is 0 Å². The Labute approximate surface area is 154 Å². The van der Waals surface area contributed by atoms with Crippen LogP contribution in [0.5, 0.6) is 0 Å². The first-order valence-corrected chi connectivity index (χ1v) is 6.20. The van der Waals surface area contributed by atoms with Crippen molar-refractivity contribution in [2.24, 2.45) is 0 Å². The number of hydrogen-bond acceptors (Lipinski definition) is 2. The SMILES string of the molecule is O=[C]OC(F)(F)C(F)(F)C(F)(F)C(F)(F)C(F)(F)C(F)(F)C(F)(F)C(F)(F)C(F)(F)F. The second-order valence-electron chi connectivity index (χ2n) is 5.22. The average Bonchev–Trinajstić information content (AvgIpc) is 2.52. The molecule has 1 radical (unpaired) electrons. The number of ether oxygens (including phenoxy) is 1. The van der Waals surface area contributed by atoms with E-state index in [-0.39, 0.29) is 0 Å². The van der Waals surface area contributed by atoms with Gasteiger partial charge in [-0.05, 0) is 0 Å². The molecule has 0 amide bonds. The molecule has 0 aromatic carbocycles. The van der Waals surface area contributed by atoms with Gasteiger partial charge in [0.2, 0.25) is 0 Å². The van der Waals surface area contributed by atoms with Crippen molar-refractivity contribution in [2.75, 3.05) is 0 Å². The number of rotatable bonds is 9. The van der Waals surface area contributed by atoms with Gasteiger partial charge in [0.05, 0.1) is 0 Å². The Morgan fingerprint density at radius 1 is 0.387 bits per heavy atom. The van der Waals surface area contributed by atoms with E-state index >= 15 is 0 Å². The van der Waals surface area contributed by atoms with Crippen molar-refractivity contribution >= 4 is 6.47 Å². The predicted octanol–water partition coefficient (Wildman–Crippen LogP) is 5.67. The molecule has 2 nitrogen and oxygen atoms in total. The summed E-state index contributed by atoms with van der Waals surface area (Å²) in [6.45, 7) is -0.771. The van der Waals surface area contributed by atoms with Crippen LogP contribution in [0.1, 0.15) is 0 Å². The second-order valence-corrected chi connectivity index (χ2v) is 5.22. The van der Waals surface area contributed by atoms with Crippen LogP contribution in [-0.2, 0) is 9.53 Å². The molecule has 0 saturated heterocycles. The van der Waals surface area contributed by atoms with E-state index in [1.807, 2.05) is 0 Å². The third-order valence-corrected chi connectivity index (χ3v) is 3.26. The van der Waals surface area contributed by atoms with E-state index in [0.29, 0.717) is 0 Å².